The maximum atomic E-state index is 11.9. The molecule has 28 heavy (non-hydrogen) atoms. The lowest BCUT2D eigenvalue weighted by molar-refractivity contribution is 0.103. The van der Waals surface area contributed by atoms with E-state index in [9.17, 15) is 4.79 Å². The van der Waals surface area contributed by atoms with Gasteiger partial charge in [-0.3, -0.25) is 4.98 Å². The smallest absolute Gasteiger partial charge is 0.434 e. The van der Waals surface area contributed by atoms with Crippen LogP contribution in [0.15, 0.2) is 73.1 Å². The first-order valence-electron chi connectivity index (χ1n) is 8.97. The molecule has 0 aliphatic heterocycles. The first-order chi connectivity index (χ1) is 13.7. The molecule has 6 nitrogen and oxygen atoms in total. The number of aromatic nitrogens is 2. The van der Waals surface area contributed by atoms with Crippen LogP contribution in [0.2, 0.25) is 0 Å². The topological polar surface area (TPSA) is 76.2 Å². The van der Waals surface area contributed by atoms with Crippen molar-refractivity contribution in [2.75, 3.05) is 11.9 Å². The highest BCUT2D eigenvalue weighted by molar-refractivity contribution is 6.00. The number of carbonyl (C=O) groups is 1. The van der Waals surface area contributed by atoms with Crippen LogP contribution in [0.3, 0.4) is 0 Å². The Morgan fingerprint density at radius 3 is 2.57 bits per heavy atom. The fraction of sp³-hybridized carbons (Fsp3) is 0.0909. The third-order valence-corrected chi connectivity index (χ3v) is 4.27. The third kappa shape index (κ3) is 3.66. The molecule has 0 fully saturated rings. The van der Waals surface area contributed by atoms with Crippen molar-refractivity contribution < 1.29 is 14.3 Å². The number of pyridine rings is 1. The first kappa shape index (κ1) is 17.6. The zero-order valence-corrected chi connectivity index (χ0v) is 15.3. The number of H-pyrrole nitrogens is 1. The highest BCUT2D eigenvalue weighted by atomic mass is 16.7. The zero-order valence-electron chi connectivity index (χ0n) is 15.3. The molecule has 4 rings (SSSR count). The Kier molecular flexibility index (Phi) is 4.93. The number of hydrogen-bond donors (Lipinski definition) is 2. The molecule has 0 amide bonds. The molecule has 2 aromatic carbocycles. The number of rotatable bonds is 5. The fourth-order valence-corrected chi connectivity index (χ4v) is 2.99. The van der Waals surface area contributed by atoms with Crippen molar-refractivity contribution in [2.45, 2.75) is 6.92 Å². The molecule has 2 N–H and O–H groups in total. The van der Waals surface area contributed by atoms with Crippen LogP contribution in [0.25, 0.3) is 22.0 Å². The molecule has 0 radical (unpaired) electrons. The van der Waals surface area contributed by atoms with Gasteiger partial charge in [-0.25, -0.2) is 4.79 Å². The van der Waals surface area contributed by atoms with E-state index in [4.69, 9.17) is 9.47 Å². The van der Waals surface area contributed by atoms with Gasteiger partial charge in [-0.2, -0.15) is 0 Å². The second-order valence-electron chi connectivity index (χ2n) is 6.10. The van der Waals surface area contributed by atoms with Gasteiger partial charge in [-0.05, 0) is 42.3 Å². The molecule has 0 unspecified atom stereocenters. The molecule has 6 heteroatoms. The fourth-order valence-electron chi connectivity index (χ4n) is 2.99. The summed E-state index contributed by atoms with van der Waals surface area (Å²) in [5.41, 5.74) is 4.51. The van der Waals surface area contributed by atoms with E-state index < -0.39 is 6.16 Å². The van der Waals surface area contributed by atoms with E-state index >= 15 is 0 Å². The first-order valence-corrected chi connectivity index (χ1v) is 8.97. The summed E-state index contributed by atoms with van der Waals surface area (Å²) in [7, 11) is 0. The predicted molar refractivity (Wildman–Crippen MR) is 109 cm³/mol. The molecular formula is C22H19N3O3. The molecule has 140 valence electrons. The Labute approximate surface area is 162 Å². The van der Waals surface area contributed by atoms with Crippen LogP contribution in [0.5, 0.6) is 5.88 Å². The van der Waals surface area contributed by atoms with Crippen LogP contribution in [0.1, 0.15) is 6.92 Å². The zero-order chi connectivity index (χ0) is 19.3. The maximum Gasteiger partial charge on any atom is 0.515 e. The highest BCUT2D eigenvalue weighted by Gasteiger charge is 2.17. The van der Waals surface area contributed by atoms with Gasteiger partial charge in [-0.15, -0.1) is 0 Å². The Bertz CT molecular complexity index is 1090. The van der Waals surface area contributed by atoms with Crippen molar-refractivity contribution >= 4 is 28.4 Å². The third-order valence-electron chi connectivity index (χ3n) is 4.27. The lowest BCUT2D eigenvalue weighted by Gasteiger charge is -2.08. The SMILES string of the molecule is CCOC(=O)Oc1[nH]c2cc(-c3ccccc3)ccc2c1Nc1ccncc1. The summed E-state index contributed by atoms with van der Waals surface area (Å²) in [5.74, 6) is 0.301. The number of hydrogen-bond acceptors (Lipinski definition) is 5. The Hall–Kier alpha value is -3.80. The monoisotopic (exact) mass is 373 g/mol. The molecule has 0 atom stereocenters. The number of carbonyl (C=O) groups excluding carboxylic acids is 1. The van der Waals surface area contributed by atoms with Crippen molar-refractivity contribution in [2.24, 2.45) is 0 Å². The highest BCUT2D eigenvalue weighted by Crippen LogP contribution is 2.37. The van der Waals surface area contributed by atoms with Crippen LogP contribution in [0.4, 0.5) is 16.2 Å². The summed E-state index contributed by atoms with van der Waals surface area (Å²) in [6.45, 7) is 1.97. The van der Waals surface area contributed by atoms with Gasteiger partial charge in [0, 0.05) is 23.5 Å². The molecule has 0 bridgehead atoms. The van der Waals surface area contributed by atoms with Crippen LogP contribution >= 0.6 is 0 Å². The normalized spacial score (nSPS) is 10.6. The quantitative estimate of drug-likeness (QED) is 0.451. The van der Waals surface area contributed by atoms with Gasteiger partial charge in [0.15, 0.2) is 0 Å². The molecule has 0 saturated heterocycles. The number of benzene rings is 2. The number of aromatic amines is 1. The van der Waals surface area contributed by atoms with Gasteiger partial charge >= 0.3 is 6.16 Å². The number of fused-ring (bicyclic) bond motifs is 1. The van der Waals surface area contributed by atoms with E-state index in [1.54, 1.807) is 19.3 Å². The van der Waals surface area contributed by atoms with E-state index in [-0.39, 0.29) is 6.61 Å². The molecule has 0 aliphatic carbocycles. The summed E-state index contributed by atoms with van der Waals surface area (Å²) in [4.78, 5) is 19.1. The standard InChI is InChI=1S/C22H19N3O3/c1-2-27-22(26)28-21-20(24-17-10-12-23-13-11-17)18-9-8-16(14-19(18)25-21)15-6-4-3-5-7-15/h3-14,25H,2H2,1H3,(H,23,24). The average Bonchev–Trinajstić information content (AvgIpc) is 3.05. The molecule has 0 saturated carbocycles. The van der Waals surface area contributed by atoms with E-state index in [1.807, 2.05) is 48.5 Å². The van der Waals surface area contributed by atoms with Crippen molar-refractivity contribution in [3.8, 4) is 17.0 Å². The van der Waals surface area contributed by atoms with Gasteiger partial charge in [0.1, 0.15) is 5.69 Å². The van der Waals surface area contributed by atoms with Gasteiger partial charge in [0.05, 0.1) is 12.1 Å². The van der Waals surface area contributed by atoms with E-state index in [0.29, 0.717) is 11.6 Å². The largest absolute Gasteiger partial charge is 0.515 e. The minimum absolute atomic E-state index is 0.240. The van der Waals surface area contributed by atoms with Crippen LogP contribution in [0, 0.1) is 0 Å². The van der Waals surface area contributed by atoms with Crippen LogP contribution in [-0.2, 0) is 4.74 Å². The molecule has 2 aromatic heterocycles. The lowest BCUT2D eigenvalue weighted by Crippen LogP contribution is -2.11. The number of anilines is 2. The molecule has 0 spiro atoms. The van der Waals surface area contributed by atoms with Crippen molar-refractivity contribution in [1.82, 2.24) is 9.97 Å². The predicted octanol–water partition coefficient (Wildman–Crippen LogP) is 5.51. The van der Waals surface area contributed by atoms with Gasteiger partial charge in [-0.1, -0.05) is 36.4 Å². The summed E-state index contributed by atoms with van der Waals surface area (Å²) in [6, 6.07) is 19.8. The number of ether oxygens (including phenoxy) is 2. The second kappa shape index (κ2) is 7.84. The Balaban J connectivity index is 1.77. The second-order valence-corrected chi connectivity index (χ2v) is 6.10. The minimum Gasteiger partial charge on any atom is -0.434 e. The molecular weight excluding hydrogens is 354 g/mol. The molecule has 4 aromatic rings. The van der Waals surface area contributed by atoms with Gasteiger partial charge in [0.2, 0.25) is 5.88 Å². The van der Waals surface area contributed by atoms with E-state index in [1.165, 1.54) is 0 Å². The summed E-state index contributed by atoms with van der Waals surface area (Å²) in [5, 5.41) is 4.20. The van der Waals surface area contributed by atoms with Gasteiger partial charge in [0.25, 0.3) is 0 Å². The number of nitrogens with zero attached hydrogens (tertiary/aromatic N) is 1. The van der Waals surface area contributed by atoms with Crippen molar-refractivity contribution in [3.05, 3.63) is 73.1 Å². The molecule has 0 aliphatic rings. The van der Waals surface area contributed by atoms with Gasteiger partial charge < -0.3 is 19.8 Å². The van der Waals surface area contributed by atoms with Crippen molar-refractivity contribution in [3.63, 3.8) is 0 Å². The average molecular weight is 373 g/mol. The van der Waals surface area contributed by atoms with Crippen LogP contribution < -0.4 is 10.1 Å². The Morgan fingerprint density at radius 1 is 1.04 bits per heavy atom. The van der Waals surface area contributed by atoms with Crippen LogP contribution in [-0.4, -0.2) is 22.7 Å². The lowest BCUT2D eigenvalue weighted by atomic mass is 10.0. The Morgan fingerprint density at radius 2 is 1.82 bits per heavy atom. The summed E-state index contributed by atoms with van der Waals surface area (Å²) >= 11 is 0. The number of nitrogens with one attached hydrogen (secondary N) is 2. The van der Waals surface area contributed by atoms with E-state index in [0.717, 1.165) is 27.7 Å². The summed E-state index contributed by atoms with van der Waals surface area (Å²) < 4.78 is 10.3. The maximum absolute atomic E-state index is 11.9. The van der Waals surface area contributed by atoms with Crippen molar-refractivity contribution in [1.29, 1.82) is 0 Å². The molecule has 2 heterocycles. The minimum atomic E-state index is -0.755. The van der Waals surface area contributed by atoms with E-state index in [2.05, 4.69) is 27.4 Å². The summed E-state index contributed by atoms with van der Waals surface area (Å²) in [6.07, 6.45) is 2.63.